The maximum absolute atomic E-state index is 11.8. The minimum absolute atomic E-state index is 0.224. The molecule has 7 nitrogen and oxygen atoms in total. The summed E-state index contributed by atoms with van der Waals surface area (Å²) in [4.78, 5) is 18.3. The van der Waals surface area contributed by atoms with Gasteiger partial charge in [0.15, 0.2) is 0 Å². The number of ether oxygens (including phenoxy) is 2. The van der Waals surface area contributed by atoms with Crippen LogP contribution in [-0.4, -0.2) is 91.0 Å². The Bertz CT molecular complexity index is 628. The Labute approximate surface area is 174 Å². The van der Waals surface area contributed by atoms with E-state index in [-0.39, 0.29) is 6.09 Å². The number of para-hydroxylation sites is 1. The number of piperazine rings is 1. The van der Waals surface area contributed by atoms with Crippen molar-refractivity contribution in [2.75, 3.05) is 59.0 Å². The molecule has 3 rings (SSSR count). The molecule has 0 radical (unpaired) electrons. The third-order valence-electron chi connectivity index (χ3n) is 5.61. The van der Waals surface area contributed by atoms with E-state index in [4.69, 9.17) is 9.47 Å². The second kappa shape index (κ2) is 11.4. The summed E-state index contributed by atoms with van der Waals surface area (Å²) in [5.41, 5.74) is 1.11. The highest BCUT2D eigenvalue weighted by atomic mass is 16.6. The fourth-order valence-corrected chi connectivity index (χ4v) is 4.00. The molecular weight excluding hydrogens is 370 g/mol. The average Bonchev–Trinajstić information content (AvgIpc) is 2.74. The van der Waals surface area contributed by atoms with Gasteiger partial charge in [-0.05, 0) is 38.9 Å². The first-order valence-corrected chi connectivity index (χ1v) is 10.9. The fourth-order valence-electron chi connectivity index (χ4n) is 4.00. The Morgan fingerprint density at radius 1 is 1.03 bits per heavy atom. The first kappa shape index (κ1) is 21.9. The maximum Gasteiger partial charge on any atom is 0.409 e. The normalized spacial score (nSPS) is 19.7. The molecule has 1 aromatic rings. The molecule has 162 valence electrons. The molecule has 1 aromatic carbocycles. The van der Waals surface area contributed by atoms with E-state index in [1.807, 2.05) is 25.1 Å². The molecule has 2 saturated heterocycles. The summed E-state index contributed by atoms with van der Waals surface area (Å²) in [7, 11) is 0. The molecule has 1 N–H and O–H groups in total. The number of rotatable bonds is 8. The molecule has 0 unspecified atom stereocenters. The molecule has 0 aromatic heterocycles. The van der Waals surface area contributed by atoms with Gasteiger partial charge in [0.1, 0.15) is 18.5 Å². The number of carbonyl (C=O) groups excluding carboxylic acids is 1. The standard InChI is InChI=1S/C22H35N3O4/c1-2-28-22(27)25-14-12-24(13-15-25)16-19-8-4-5-9-21(19)29-18-20(26)17-23-10-6-3-7-11-23/h4-5,8-9,20,26H,2-3,6-7,10-18H2,1H3/t20-/m1/s1. The van der Waals surface area contributed by atoms with Gasteiger partial charge in [-0.25, -0.2) is 4.79 Å². The van der Waals surface area contributed by atoms with E-state index in [0.29, 0.717) is 32.8 Å². The van der Waals surface area contributed by atoms with Crippen LogP contribution >= 0.6 is 0 Å². The van der Waals surface area contributed by atoms with Gasteiger partial charge in [-0.1, -0.05) is 24.6 Å². The van der Waals surface area contributed by atoms with Crippen molar-refractivity contribution < 1.29 is 19.4 Å². The highest BCUT2D eigenvalue weighted by Gasteiger charge is 2.22. The van der Waals surface area contributed by atoms with Gasteiger partial charge in [-0.2, -0.15) is 0 Å². The second-order valence-corrected chi connectivity index (χ2v) is 7.90. The maximum atomic E-state index is 11.8. The van der Waals surface area contributed by atoms with Crippen LogP contribution in [0.2, 0.25) is 0 Å². The van der Waals surface area contributed by atoms with Crippen molar-refractivity contribution in [2.45, 2.75) is 38.8 Å². The number of hydrogen-bond acceptors (Lipinski definition) is 6. The van der Waals surface area contributed by atoms with E-state index in [9.17, 15) is 9.90 Å². The highest BCUT2D eigenvalue weighted by Crippen LogP contribution is 2.21. The van der Waals surface area contributed by atoms with Gasteiger partial charge in [-0.15, -0.1) is 0 Å². The number of piperidine rings is 1. The van der Waals surface area contributed by atoms with E-state index in [1.54, 1.807) is 4.90 Å². The summed E-state index contributed by atoms with van der Waals surface area (Å²) in [6.07, 6.45) is 3.04. The largest absolute Gasteiger partial charge is 0.491 e. The van der Waals surface area contributed by atoms with Crippen LogP contribution in [0.3, 0.4) is 0 Å². The first-order valence-electron chi connectivity index (χ1n) is 10.9. The van der Waals surface area contributed by atoms with E-state index in [1.165, 1.54) is 19.3 Å². The third-order valence-corrected chi connectivity index (χ3v) is 5.61. The van der Waals surface area contributed by atoms with E-state index < -0.39 is 6.10 Å². The van der Waals surface area contributed by atoms with Crippen molar-refractivity contribution in [1.29, 1.82) is 0 Å². The summed E-state index contributed by atoms with van der Waals surface area (Å²) < 4.78 is 11.1. The van der Waals surface area contributed by atoms with Crippen LogP contribution in [-0.2, 0) is 11.3 Å². The first-order chi connectivity index (χ1) is 14.2. The molecule has 29 heavy (non-hydrogen) atoms. The van der Waals surface area contributed by atoms with E-state index in [0.717, 1.165) is 44.0 Å². The second-order valence-electron chi connectivity index (χ2n) is 7.90. The van der Waals surface area contributed by atoms with Gasteiger partial charge >= 0.3 is 6.09 Å². The minimum atomic E-state index is -0.478. The van der Waals surface area contributed by atoms with Gasteiger partial charge < -0.3 is 24.4 Å². The van der Waals surface area contributed by atoms with Gasteiger partial charge in [0.2, 0.25) is 0 Å². The fraction of sp³-hybridized carbons (Fsp3) is 0.682. The zero-order valence-corrected chi connectivity index (χ0v) is 17.6. The van der Waals surface area contributed by atoms with E-state index in [2.05, 4.69) is 15.9 Å². The Kier molecular flexibility index (Phi) is 8.58. The molecule has 1 atom stereocenters. The lowest BCUT2D eigenvalue weighted by Gasteiger charge is -2.34. The highest BCUT2D eigenvalue weighted by molar-refractivity contribution is 5.67. The molecule has 1 amide bonds. The molecule has 2 fully saturated rings. The predicted molar refractivity (Wildman–Crippen MR) is 112 cm³/mol. The lowest BCUT2D eigenvalue weighted by atomic mass is 10.1. The summed E-state index contributed by atoms with van der Waals surface area (Å²) in [6, 6.07) is 8.03. The molecule has 0 bridgehead atoms. The van der Waals surface area contributed by atoms with E-state index >= 15 is 0 Å². The van der Waals surface area contributed by atoms with Crippen molar-refractivity contribution in [3.63, 3.8) is 0 Å². The number of hydrogen-bond donors (Lipinski definition) is 1. The van der Waals surface area contributed by atoms with Crippen molar-refractivity contribution in [3.8, 4) is 5.75 Å². The number of amides is 1. The number of benzene rings is 1. The van der Waals surface area contributed by atoms with Crippen LogP contribution in [0.1, 0.15) is 31.7 Å². The molecule has 7 heteroatoms. The van der Waals surface area contributed by atoms with Crippen molar-refractivity contribution in [2.24, 2.45) is 0 Å². The van der Waals surface area contributed by atoms with Crippen LogP contribution in [0.15, 0.2) is 24.3 Å². The predicted octanol–water partition coefficient (Wildman–Crippen LogP) is 2.19. The Morgan fingerprint density at radius 3 is 2.48 bits per heavy atom. The van der Waals surface area contributed by atoms with Gasteiger partial charge in [0, 0.05) is 44.8 Å². The third kappa shape index (κ3) is 6.87. The molecule has 0 spiro atoms. The zero-order valence-electron chi connectivity index (χ0n) is 17.6. The monoisotopic (exact) mass is 405 g/mol. The smallest absolute Gasteiger partial charge is 0.409 e. The minimum Gasteiger partial charge on any atom is -0.491 e. The SMILES string of the molecule is CCOC(=O)N1CCN(Cc2ccccc2OC[C@H](O)CN2CCCCC2)CC1. The van der Waals surface area contributed by atoms with Crippen molar-refractivity contribution in [1.82, 2.24) is 14.7 Å². The van der Waals surface area contributed by atoms with Crippen molar-refractivity contribution >= 4 is 6.09 Å². The number of aliphatic hydroxyl groups is 1. The number of carbonyl (C=O) groups is 1. The summed E-state index contributed by atoms with van der Waals surface area (Å²) in [5, 5.41) is 10.4. The number of nitrogens with zero attached hydrogens (tertiary/aromatic N) is 3. The number of aliphatic hydroxyl groups excluding tert-OH is 1. The Hall–Kier alpha value is -1.83. The van der Waals surface area contributed by atoms with Crippen molar-refractivity contribution in [3.05, 3.63) is 29.8 Å². The lowest BCUT2D eigenvalue weighted by Crippen LogP contribution is -2.48. The van der Waals surface area contributed by atoms with Crippen LogP contribution in [0.25, 0.3) is 0 Å². The van der Waals surface area contributed by atoms with Gasteiger partial charge in [0.25, 0.3) is 0 Å². The van der Waals surface area contributed by atoms with Crippen LogP contribution in [0, 0.1) is 0 Å². The van der Waals surface area contributed by atoms with Crippen LogP contribution in [0.4, 0.5) is 4.79 Å². The number of β-amino-alcohol motifs (C(OH)–C–C–N with tert-alkyl or cyclic N) is 1. The molecule has 0 saturated carbocycles. The average molecular weight is 406 g/mol. The quantitative estimate of drug-likeness (QED) is 0.715. The molecule has 2 aliphatic rings. The Morgan fingerprint density at radius 2 is 1.76 bits per heavy atom. The van der Waals surface area contributed by atoms with Crippen LogP contribution < -0.4 is 4.74 Å². The van der Waals surface area contributed by atoms with Gasteiger partial charge in [-0.3, -0.25) is 4.90 Å². The summed E-state index contributed by atoms with van der Waals surface area (Å²) >= 11 is 0. The topological polar surface area (TPSA) is 65.5 Å². The Balaban J connectivity index is 1.46. The zero-order chi connectivity index (χ0) is 20.5. The molecule has 0 aliphatic carbocycles. The molecule has 2 aliphatic heterocycles. The summed E-state index contributed by atoms with van der Waals surface area (Å²) in [5.74, 6) is 0.831. The summed E-state index contributed by atoms with van der Waals surface area (Å²) in [6.45, 7) is 9.12. The molecular formula is C22H35N3O4. The van der Waals surface area contributed by atoms with Crippen LogP contribution in [0.5, 0.6) is 5.75 Å². The molecule has 2 heterocycles. The lowest BCUT2D eigenvalue weighted by molar-refractivity contribution is 0.0605. The number of likely N-dealkylation sites (tertiary alicyclic amines) is 1. The van der Waals surface area contributed by atoms with Gasteiger partial charge in [0.05, 0.1) is 6.61 Å².